The molecule has 3 nitrogen and oxygen atoms in total. The molecule has 1 aromatic carbocycles. The highest BCUT2D eigenvalue weighted by molar-refractivity contribution is 5.79. The molecule has 1 aromatic rings. The van der Waals surface area contributed by atoms with Crippen LogP contribution in [0, 0.1) is 13.8 Å². The van der Waals surface area contributed by atoms with E-state index < -0.39 is 11.1 Å². The summed E-state index contributed by atoms with van der Waals surface area (Å²) in [7, 11) is 0. The highest BCUT2D eigenvalue weighted by atomic mass is 16.3. The Kier molecular flexibility index (Phi) is 4.41. The van der Waals surface area contributed by atoms with Gasteiger partial charge in [-0.05, 0) is 52.7 Å². The normalized spacial score (nSPS) is 12.4. The minimum atomic E-state index is -0.968. The van der Waals surface area contributed by atoms with E-state index in [1.54, 1.807) is 13.8 Å². The van der Waals surface area contributed by atoms with Crippen LogP contribution in [-0.2, 0) is 11.2 Å². The van der Waals surface area contributed by atoms with Gasteiger partial charge in [-0.3, -0.25) is 4.79 Å². The number of nitrogens with one attached hydrogen (secondary N) is 1. The second-order valence-corrected chi connectivity index (χ2v) is 6.34. The monoisotopic (exact) mass is 263 g/mol. The third-order valence-electron chi connectivity index (χ3n) is 3.84. The Morgan fingerprint density at radius 2 is 1.79 bits per heavy atom. The zero-order valence-corrected chi connectivity index (χ0v) is 12.8. The predicted octanol–water partition coefficient (Wildman–Crippen LogP) is 2.51. The average molecular weight is 263 g/mol. The van der Waals surface area contributed by atoms with Gasteiger partial charge in [0.1, 0.15) is 0 Å². The first-order chi connectivity index (χ1) is 8.53. The summed E-state index contributed by atoms with van der Waals surface area (Å²) in [5, 5.41) is 12.9. The van der Waals surface area contributed by atoms with Gasteiger partial charge in [0.05, 0.1) is 17.6 Å². The maximum atomic E-state index is 12.1. The highest BCUT2D eigenvalue weighted by Gasteiger charge is 2.36. The Balaban J connectivity index is 2.79. The van der Waals surface area contributed by atoms with Gasteiger partial charge >= 0.3 is 0 Å². The summed E-state index contributed by atoms with van der Waals surface area (Å²) in [4.78, 5) is 12.1. The summed E-state index contributed by atoms with van der Waals surface area (Å²) in [6, 6.07) is 6.10. The fourth-order valence-electron chi connectivity index (χ4n) is 1.71. The number of benzene rings is 1. The number of hydrogen-bond donors (Lipinski definition) is 2. The molecule has 0 atom stereocenters. The van der Waals surface area contributed by atoms with Crippen LogP contribution in [0.4, 0.5) is 0 Å². The minimum Gasteiger partial charge on any atom is -0.388 e. The summed E-state index contributed by atoms with van der Waals surface area (Å²) in [5.74, 6) is -0.0687. The molecule has 0 saturated heterocycles. The first-order valence-corrected chi connectivity index (χ1v) is 6.62. The Hall–Kier alpha value is -1.35. The average Bonchev–Trinajstić information content (AvgIpc) is 2.21. The molecule has 2 N–H and O–H groups in total. The van der Waals surface area contributed by atoms with E-state index in [1.165, 1.54) is 0 Å². The van der Waals surface area contributed by atoms with Gasteiger partial charge < -0.3 is 10.4 Å². The SMILES string of the molecule is Cc1ccc(C)c(CC(=O)NC(C)(C)C(C)(C)O)c1. The van der Waals surface area contributed by atoms with Gasteiger partial charge in [0, 0.05) is 0 Å². The number of hydrogen-bond acceptors (Lipinski definition) is 2. The molecule has 0 aliphatic rings. The molecule has 0 spiro atoms. The van der Waals surface area contributed by atoms with E-state index in [0.717, 1.165) is 16.7 Å². The lowest BCUT2D eigenvalue weighted by Crippen LogP contribution is -2.58. The molecule has 0 unspecified atom stereocenters. The molecule has 0 heterocycles. The second kappa shape index (κ2) is 5.33. The minimum absolute atomic E-state index is 0.0687. The molecule has 0 aromatic heterocycles. The van der Waals surface area contributed by atoms with Crippen molar-refractivity contribution in [3.63, 3.8) is 0 Å². The zero-order valence-electron chi connectivity index (χ0n) is 12.8. The van der Waals surface area contributed by atoms with Crippen molar-refractivity contribution in [1.29, 1.82) is 0 Å². The van der Waals surface area contributed by atoms with Crippen LogP contribution in [-0.4, -0.2) is 22.2 Å². The van der Waals surface area contributed by atoms with Gasteiger partial charge in [-0.2, -0.15) is 0 Å². The summed E-state index contributed by atoms with van der Waals surface area (Å²) in [5.41, 5.74) is 1.66. The molecular formula is C16H25NO2. The molecule has 0 fully saturated rings. The van der Waals surface area contributed by atoms with Crippen molar-refractivity contribution in [2.75, 3.05) is 0 Å². The fraction of sp³-hybridized carbons (Fsp3) is 0.562. The molecule has 1 rings (SSSR count). The number of rotatable bonds is 4. The van der Waals surface area contributed by atoms with Crippen LogP contribution in [0.1, 0.15) is 44.4 Å². The molecule has 1 amide bonds. The third kappa shape index (κ3) is 4.06. The summed E-state index contributed by atoms with van der Waals surface area (Å²) >= 11 is 0. The number of amides is 1. The maximum absolute atomic E-state index is 12.1. The lowest BCUT2D eigenvalue weighted by molar-refractivity contribution is -0.125. The number of carbonyl (C=O) groups is 1. The molecule has 0 aliphatic carbocycles. The summed E-state index contributed by atoms with van der Waals surface area (Å²) < 4.78 is 0. The van der Waals surface area contributed by atoms with Crippen LogP contribution < -0.4 is 5.32 Å². The first-order valence-electron chi connectivity index (χ1n) is 6.62. The Morgan fingerprint density at radius 3 is 2.32 bits per heavy atom. The van der Waals surface area contributed by atoms with Crippen molar-refractivity contribution in [2.45, 2.75) is 59.1 Å². The first kappa shape index (κ1) is 15.7. The van der Waals surface area contributed by atoms with Crippen molar-refractivity contribution >= 4 is 5.91 Å². The topological polar surface area (TPSA) is 49.3 Å². The van der Waals surface area contributed by atoms with E-state index in [0.29, 0.717) is 6.42 Å². The van der Waals surface area contributed by atoms with Gasteiger partial charge in [0.2, 0.25) is 5.91 Å². The van der Waals surface area contributed by atoms with E-state index in [1.807, 2.05) is 45.9 Å². The van der Waals surface area contributed by atoms with Crippen LogP contribution in [0.2, 0.25) is 0 Å². The van der Waals surface area contributed by atoms with Gasteiger partial charge in [0.25, 0.3) is 0 Å². The molecule has 19 heavy (non-hydrogen) atoms. The van der Waals surface area contributed by atoms with Gasteiger partial charge in [-0.15, -0.1) is 0 Å². The molecule has 3 heteroatoms. The maximum Gasteiger partial charge on any atom is 0.224 e. The third-order valence-corrected chi connectivity index (χ3v) is 3.84. The van der Waals surface area contributed by atoms with Crippen molar-refractivity contribution in [3.05, 3.63) is 34.9 Å². The van der Waals surface area contributed by atoms with Crippen molar-refractivity contribution in [3.8, 4) is 0 Å². The highest BCUT2D eigenvalue weighted by Crippen LogP contribution is 2.21. The number of aliphatic hydroxyl groups is 1. The van der Waals surface area contributed by atoms with Crippen LogP contribution in [0.15, 0.2) is 18.2 Å². The fourth-order valence-corrected chi connectivity index (χ4v) is 1.71. The van der Waals surface area contributed by atoms with E-state index in [-0.39, 0.29) is 5.91 Å². The van der Waals surface area contributed by atoms with Gasteiger partial charge in [0.15, 0.2) is 0 Å². The van der Waals surface area contributed by atoms with E-state index >= 15 is 0 Å². The zero-order chi connectivity index (χ0) is 14.8. The van der Waals surface area contributed by atoms with Crippen LogP contribution >= 0.6 is 0 Å². The lowest BCUT2D eigenvalue weighted by atomic mass is 9.85. The van der Waals surface area contributed by atoms with Crippen molar-refractivity contribution < 1.29 is 9.90 Å². The smallest absolute Gasteiger partial charge is 0.224 e. The molecule has 0 aliphatic heterocycles. The van der Waals surface area contributed by atoms with Crippen molar-refractivity contribution in [1.82, 2.24) is 5.32 Å². The van der Waals surface area contributed by atoms with Crippen molar-refractivity contribution in [2.24, 2.45) is 0 Å². The number of carbonyl (C=O) groups excluding carboxylic acids is 1. The molecule has 106 valence electrons. The quantitative estimate of drug-likeness (QED) is 0.877. The largest absolute Gasteiger partial charge is 0.388 e. The number of aryl methyl sites for hydroxylation is 2. The van der Waals surface area contributed by atoms with Crippen LogP contribution in [0.3, 0.4) is 0 Å². The molecule has 0 saturated carbocycles. The summed E-state index contributed by atoms with van der Waals surface area (Å²) in [6.07, 6.45) is 0.340. The second-order valence-electron chi connectivity index (χ2n) is 6.34. The van der Waals surface area contributed by atoms with E-state index in [9.17, 15) is 9.90 Å². The standard InChI is InChI=1S/C16H25NO2/c1-11-7-8-12(2)13(9-11)10-14(18)17-15(3,4)16(5,6)19/h7-9,19H,10H2,1-6H3,(H,17,18). The Labute approximate surface area is 116 Å². The Bertz CT molecular complexity index is 470. The Morgan fingerprint density at radius 1 is 1.21 bits per heavy atom. The van der Waals surface area contributed by atoms with Crippen LogP contribution in [0.25, 0.3) is 0 Å². The molecular weight excluding hydrogens is 238 g/mol. The molecule has 0 bridgehead atoms. The summed E-state index contributed by atoms with van der Waals surface area (Å²) in [6.45, 7) is 11.1. The molecule has 0 radical (unpaired) electrons. The predicted molar refractivity (Wildman–Crippen MR) is 78.1 cm³/mol. The van der Waals surface area contributed by atoms with E-state index in [2.05, 4.69) is 5.32 Å². The van der Waals surface area contributed by atoms with Gasteiger partial charge in [-0.25, -0.2) is 0 Å². The van der Waals surface area contributed by atoms with E-state index in [4.69, 9.17) is 0 Å². The lowest BCUT2D eigenvalue weighted by Gasteiger charge is -2.38. The van der Waals surface area contributed by atoms with Crippen LogP contribution in [0.5, 0.6) is 0 Å². The van der Waals surface area contributed by atoms with Gasteiger partial charge in [-0.1, -0.05) is 23.8 Å².